The van der Waals surface area contributed by atoms with Crippen LogP contribution in [0, 0.1) is 5.82 Å². The Kier molecular flexibility index (Phi) is 6.11. The third-order valence-corrected chi connectivity index (χ3v) is 5.47. The largest absolute Gasteiger partial charge is 0.352 e. The second-order valence-corrected chi connectivity index (χ2v) is 7.55. The number of urea groups is 1. The van der Waals surface area contributed by atoms with Gasteiger partial charge < -0.3 is 15.5 Å². The Labute approximate surface area is 179 Å². The Morgan fingerprint density at radius 1 is 1.23 bits per heavy atom. The quantitative estimate of drug-likeness (QED) is 0.656. The summed E-state index contributed by atoms with van der Waals surface area (Å²) in [7, 11) is 0. The van der Waals surface area contributed by atoms with Crippen LogP contribution in [-0.4, -0.2) is 39.7 Å². The first-order valence-electron chi connectivity index (χ1n) is 10.4. The molecule has 162 valence electrons. The SMILES string of the molecule is CCn1c(=O)c(N2CCC(NC(=O)NCc3cccc(F)c3)CC2)nc2cccnc21. The van der Waals surface area contributed by atoms with Crippen molar-refractivity contribution >= 4 is 23.0 Å². The monoisotopic (exact) mass is 424 g/mol. The second kappa shape index (κ2) is 9.11. The summed E-state index contributed by atoms with van der Waals surface area (Å²) in [5.41, 5.74) is 1.84. The van der Waals surface area contributed by atoms with Gasteiger partial charge in [0.2, 0.25) is 0 Å². The molecule has 0 unspecified atom stereocenters. The lowest BCUT2D eigenvalue weighted by atomic mass is 10.1. The van der Waals surface area contributed by atoms with Crippen LogP contribution in [0.25, 0.3) is 11.2 Å². The van der Waals surface area contributed by atoms with Gasteiger partial charge in [-0.2, -0.15) is 0 Å². The van der Waals surface area contributed by atoms with E-state index in [0.29, 0.717) is 55.0 Å². The standard InChI is InChI=1S/C22H25FN6O2/c1-2-29-19-18(7-4-10-24-19)27-20(21(29)30)28-11-8-17(9-12-28)26-22(31)25-14-15-5-3-6-16(23)13-15/h3-7,10,13,17H,2,8-9,11-12,14H2,1H3,(H2,25,26,31). The van der Waals surface area contributed by atoms with E-state index in [1.54, 1.807) is 22.9 Å². The van der Waals surface area contributed by atoms with E-state index in [1.165, 1.54) is 12.1 Å². The lowest BCUT2D eigenvalue weighted by Gasteiger charge is -2.33. The van der Waals surface area contributed by atoms with Crippen LogP contribution in [-0.2, 0) is 13.1 Å². The van der Waals surface area contributed by atoms with Gasteiger partial charge in [0.1, 0.15) is 11.3 Å². The first-order chi connectivity index (χ1) is 15.0. The molecule has 0 saturated carbocycles. The number of aromatic nitrogens is 3. The Hall–Kier alpha value is -3.49. The van der Waals surface area contributed by atoms with E-state index in [2.05, 4.69) is 20.6 Å². The van der Waals surface area contributed by atoms with E-state index in [-0.39, 0.29) is 30.0 Å². The third-order valence-electron chi connectivity index (χ3n) is 5.47. The molecule has 8 nitrogen and oxygen atoms in total. The first-order valence-corrected chi connectivity index (χ1v) is 10.4. The van der Waals surface area contributed by atoms with Crippen molar-refractivity contribution in [3.8, 4) is 0 Å². The summed E-state index contributed by atoms with van der Waals surface area (Å²) in [5.74, 6) is 0.101. The van der Waals surface area contributed by atoms with Crippen molar-refractivity contribution in [3.05, 3.63) is 64.3 Å². The fraction of sp³-hybridized carbons (Fsp3) is 0.364. The van der Waals surface area contributed by atoms with Gasteiger partial charge in [0.25, 0.3) is 5.56 Å². The smallest absolute Gasteiger partial charge is 0.315 e. The summed E-state index contributed by atoms with van der Waals surface area (Å²) in [6, 6.07) is 9.52. The maximum absolute atomic E-state index is 13.2. The molecular weight excluding hydrogens is 399 g/mol. The summed E-state index contributed by atoms with van der Waals surface area (Å²) in [6.45, 7) is 3.93. The molecule has 1 aliphatic rings. The van der Waals surface area contributed by atoms with Crippen LogP contribution in [0.15, 0.2) is 47.4 Å². The molecule has 31 heavy (non-hydrogen) atoms. The highest BCUT2D eigenvalue weighted by Gasteiger charge is 2.24. The molecule has 1 aliphatic heterocycles. The molecular formula is C22H25FN6O2. The van der Waals surface area contributed by atoms with E-state index in [1.807, 2.05) is 24.0 Å². The van der Waals surface area contributed by atoms with E-state index < -0.39 is 0 Å². The van der Waals surface area contributed by atoms with Crippen LogP contribution in [0.1, 0.15) is 25.3 Å². The number of piperidine rings is 1. The highest BCUT2D eigenvalue weighted by atomic mass is 19.1. The predicted octanol–water partition coefficient (Wildman–Crippen LogP) is 2.42. The zero-order valence-electron chi connectivity index (χ0n) is 17.3. The molecule has 2 N–H and O–H groups in total. The second-order valence-electron chi connectivity index (χ2n) is 7.55. The van der Waals surface area contributed by atoms with Crippen LogP contribution < -0.4 is 21.1 Å². The number of rotatable bonds is 5. The number of nitrogens with zero attached hydrogens (tertiary/aromatic N) is 4. The molecule has 2 aromatic heterocycles. The Morgan fingerprint density at radius 3 is 2.77 bits per heavy atom. The molecule has 1 fully saturated rings. The van der Waals surface area contributed by atoms with E-state index >= 15 is 0 Å². The van der Waals surface area contributed by atoms with Crippen molar-refractivity contribution in [1.29, 1.82) is 0 Å². The van der Waals surface area contributed by atoms with Crippen LogP contribution in [0.5, 0.6) is 0 Å². The Morgan fingerprint density at radius 2 is 2.03 bits per heavy atom. The fourth-order valence-corrected chi connectivity index (χ4v) is 3.86. The van der Waals surface area contributed by atoms with Gasteiger partial charge in [-0.15, -0.1) is 0 Å². The van der Waals surface area contributed by atoms with E-state index in [4.69, 9.17) is 0 Å². The number of fused-ring (bicyclic) bond motifs is 1. The fourth-order valence-electron chi connectivity index (χ4n) is 3.86. The average molecular weight is 424 g/mol. The van der Waals surface area contributed by atoms with Gasteiger partial charge in [0.15, 0.2) is 11.5 Å². The molecule has 9 heteroatoms. The number of amides is 2. The number of pyridine rings is 1. The van der Waals surface area contributed by atoms with Crippen molar-refractivity contribution in [2.45, 2.75) is 38.9 Å². The van der Waals surface area contributed by atoms with Crippen LogP contribution in [0.3, 0.4) is 0 Å². The molecule has 3 heterocycles. The Bertz CT molecular complexity index is 1140. The minimum absolute atomic E-state index is 0.000664. The summed E-state index contributed by atoms with van der Waals surface area (Å²) >= 11 is 0. The van der Waals surface area contributed by atoms with Gasteiger partial charge in [-0.05, 0) is 49.6 Å². The number of halogens is 1. The minimum Gasteiger partial charge on any atom is -0.352 e. The topological polar surface area (TPSA) is 92.2 Å². The van der Waals surface area contributed by atoms with Gasteiger partial charge in [-0.25, -0.2) is 19.2 Å². The van der Waals surface area contributed by atoms with Crippen molar-refractivity contribution in [2.24, 2.45) is 0 Å². The number of hydrogen-bond acceptors (Lipinski definition) is 5. The number of hydrogen-bond donors (Lipinski definition) is 2. The maximum atomic E-state index is 13.2. The van der Waals surface area contributed by atoms with Crippen LogP contribution >= 0.6 is 0 Å². The summed E-state index contributed by atoms with van der Waals surface area (Å²) in [4.78, 5) is 36.0. The third kappa shape index (κ3) is 4.65. The molecule has 1 saturated heterocycles. The number of carbonyl (C=O) groups excluding carboxylic acids is 1. The highest BCUT2D eigenvalue weighted by Crippen LogP contribution is 2.18. The average Bonchev–Trinajstić information content (AvgIpc) is 2.78. The molecule has 0 aliphatic carbocycles. The molecule has 4 rings (SSSR count). The molecule has 2 amide bonds. The number of carbonyl (C=O) groups is 1. The minimum atomic E-state index is -0.327. The number of nitrogens with one attached hydrogen (secondary N) is 2. The zero-order valence-corrected chi connectivity index (χ0v) is 17.3. The molecule has 1 aromatic carbocycles. The normalized spacial score (nSPS) is 14.6. The number of benzene rings is 1. The van der Waals surface area contributed by atoms with E-state index in [0.717, 1.165) is 0 Å². The molecule has 3 aromatic rings. The summed E-state index contributed by atoms with van der Waals surface area (Å²) < 4.78 is 14.9. The van der Waals surface area contributed by atoms with E-state index in [9.17, 15) is 14.0 Å². The Balaban J connectivity index is 1.36. The number of aryl methyl sites for hydroxylation is 1. The van der Waals surface area contributed by atoms with Gasteiger partial charge >= 0.3 is 6.03 Å². The van der Waals surface area contributed by atoms with Crippen molar-refractivity contribution in [3.63, 3.8) is 0 Å². The van der Waals surface area contributed by atoms with Gasteiger partial charge in [-0.3, -0.25) is 9.36 Å². The number of anilines is 1. The lowest BCUT2D eigenvalue weighted by molar-refractivity contribution is 0.234. The predicted molar refractivity (Wildman–Crippen MR) is 116 cm³/mol. The molecule has 0 atom stereocenters. The molecule has 0 spiro atoms. The highest BCUT2D eigenvalue weighted by molar-refractivity contribution is 5.74. The zero-order chi connectivity index (χ0) is 21.8. The van der Waals surface area contributed by atoms with Crippen LogP contribution in [0.4, 0.5) is 15.0 Å². The maximum Gasteiger partial charge on any atom is 0.315 e. The first kappa shape index (κ1) is 20.8. The summed E-state index contributed by atoms with van der Waals surface area (Å²) in [6.07, 6.45) is 3.06. The van der Waals surface area contributed by atoms with Crippen LogP contribution in [0.2, 0.25) is 0 Å². The van der Waals surface area contributed by atoms with Crippen molar-refractivity contribution < 1.29 is 9.18 Å². The lowest BCUT2D eigenvalue weighted by Crippen LogP contribution is -2.49. The van der Waals surface area contributed by atoms with Gasteiger partial charge in [0, 0.05) is 38.4 Å². The summed E-state index contributed by atoms with van der Waals surface area (Å²) in [5, 5.41) is 5.72. The molecule has 0 radical (unpaired) electrons. The van der Waals surface area contributed by atoms with Crippen molar-refractivity contribution in [2.75, 3.05) is 18.0 Å². The molecule has 0 bridgehead atoms. The van der Waals surface area contributed by atoms with Gasteiger partial charge in [-0.1, -0.05) is 12.1 Å². The van der Waals surface area contributed by atoms with Crippen molar-refractivity contribution in [1.82, 2.24) is 25.2 Å². The van der Waals surface area contributed by atoms with Gasteiger partial charge in [0.05, 0.1) is 0 Å².